The fraction of sp³-hybridized carbons (Fsp3) is 0. The van der Waals surface area contributed by atoms with E-state index in [1.54, 1.807) is 0 Å². The van der Waals surface area contributed by atoms with Crippen molar-refractivity contribution in [1.29, 1.82) is 0 Å². The minimum atomic E-state index is 0. The van der Waals surface area contributed by atoms with Gasteiger partial charge >= 0.3 is 68.9 Å². The molecule has 0 aliphatic heterocycles. The maximum Gasteiger partial charge on any atom is 1.00 e. The second kappa shape index (κ2) is 135. The van der Waals surface area contributed by atoms with Crippen molar-refractivity contribution in [1.82, 2.24) is 0 Å². The molecule has 0 unspecified atom stereocenters. The van der Waals surface area contributed by atoms with Gasteiger partial charge in [-0.05, 0) is 0 Å². The molecule has 0 aromatic carbocycles. The summed E-state index contributed by atoms with van der Waals surface area (Å²) in [7, 11) is 0. The molecule has 0 aromatic heterocycles. The molecule has 0 aliphatic carbocycles. The third-order valence-corrected chi connectivity index (χ3v) is 0. The number of hydrogen-bond donors (Lipinski definition) is 0. The van der Waals surface area contributed by atoms with Gasteiger partial charge in [0.25, 0.3) is 0 Å². The Labute approximate surface area is 112 Å². The van der Waals surface area contributed by atoms with Crippen LogP contribution in [0.2, 0.25) is 0 Å². The summed E-state index contributed by atoms with van der Waals surface area (Å²) in [5.41, 5.74) is 0. The van der Waals surface area contributed by atoms with Gasteiger partial charge in [0.2, 0.25) is 0 Å². The van der Waals surface area contributed by atoms with Crippen molar-refractivity contribution in [2.45, 2.75) is 0 Å². The first-order chi connectivity index (χ1) is 0. The quantitative estimate of drug-likeness (QED) is 0.406. The molecule has 0 heterocycles. The molecule has 8 heavy (non-hydrogen) atoms. The largest absolute Gasteiger partial charge is 1.00 e. The van der Waals surface area contributed by atoms with E-state index in [0.29, 0.717) is 0 Å². The van der Waals surface area contributed by atoms with Crippen LogP contribution in [0.1, 0.15) is 0 Å². The van der Waals surface area contributed by atoms with Crippen LogP contribution in [0.25, 0.3) is 0 Å². The molecule has 0 rings (SSSR count). The van der Waals surface area contributed by atoms with Crippen LogP contribution >= 0.6 is 0 Å². The smallest absolute Gasteiger partial charge is 1.00 e. The molecule has 6 nitrogen and oxygen atoms in total. The van der Waals surface area contributed by atoms with E-state index in [0.717, 1.165) is 0 Å². The maximum absolute atomic E-state index is 0. The predicted molar refractivity (Wildman–Crippen MR) is 21.7 cm³/mol. The minimum Gasteiger partial charge on any atom is -1.00 e. The Kier molecular flexibility index (Phi) is 3200. The van der Waals surface area contributed by atoms with E-state index in [4.69, 9.17) is 0 Å². The average Bonchev–Trinajstić information content (AvgIpc) is 0. The minimum absolute atomic E-state index is 0. The van der Waals surface area contributed by atoms with Crippen molar-refractivity contribution >= 4 is 0 Å². The summed E-state index contributed by atoms with van der Waals surface area (Å²) in [4.78, 5) is 0. The predicted octanol–water partition coefficient (Wildman–Crippen LogP) is -10.9. The molecule has 0 saturated carbocycles. The van der Waals surface area contributed by atoms with Crippen molar-refractivity contribution < 1.29 is 114 Å². The van der Waals surface area contributed by atoms with Gasteiger partial charge in [-0.2, -0.15) is 0 Å². The topological polar surface area (TPSA) is 189 Å². The molecule has 0 radical (unpaired) electrons. The van der Waals surface area contributed by atoms with Gasteiger partial charge in [0, 0.05) is 0 Å². The normalized spacial score (nSPS) is 0. The van der Waals surface area contributed by atoms with E-state index in [1.807, 2.05) is 0 Å². The fourth-order valence-corrected chi connectivity index (χ4v) is 0. The summed E-state index contributed by atoms with van der Waals surface area (Å²) in [6.07, 6.45) is 0. The standard InChI is InChI=1S/ClH.Cs.6H2O/h1H;;6*1H2/q;+1;;;;;;/p-1. The molecule has 8 heteroatoms. The molecule has 0 saturated heterocycles. The summed E-state index contributed by atoms with van der Waals surface area (Å²) in [6, 6.07) is 0. The SMILES string of the molecule is O.O.O.O.O.O.[Cl-].[Cs+]. The van der Waals surface area contributed by atoms with Crippen LogP contribution in [0.5, 0.6) is 0 Å². The third kappa shape index (κ3) is 92.5. The summed E-state index contributed by atoms with van der Waals surface area (Å²) >= 11 is 0. The van der Waals surface area contributed by atoms with Gasteiger partial charge in [-0.15, -0.1) is 0 Å². The van der Waals surface area contributed by atoms with Crippen molar-refractivity contribution in [3.05, 3.63) is 0 Å². The molecule has 0 spiro atoms. The Hall–Kier alpha value is 2.10. The third-order valence-electron chi connectivity index (χ3n) is 0. The number of hydrogen-bond acceptors (Lipinski definition) is 0. The Bertz CT molecular complexity index is 8.49. The molecule has 0 atom stereocenters. The molecule has 0 aliphatic rings. The van der Waals surface area contributed by atoms with Crippen molar-refractivity contribution in [3.8, 4) is 0 Å². The molecular weight excluding hydrogens is 264 g/mol. The number of rotatable bonds is 0. The Morgan fingerprint density at radius 2 is 0.375 bits per heavy atom. The second-order valence-electron chi connectivity index (χ2n) is 0. The van der Waals surface area contributed by atoms with Gasteiger partial charge < -0.3 is 45.3 Å². The van der Waals surface area contributed by atoms with E-state index in [2.05, 4.69) is 0 Å². The van der Waals surface area contributed by atoms with E-state index in [9.17, 15) is 0 Å². The van der Waals surface area contributed by atoms with Crippen molar-refractivity contribution in [2.24, 2.45) is 0 Å². The fourth-order valence-electron chi connectivity index (χ4n) is 0. The van der Waals surface area contributed by atoms with Gasteiger partial charge in [0.1, 0.15) is 0 Å². The molecule has 0 bridgehead atoms. The summed E-state index contributed by atoms with van der Waals surface area (Å²) in [6.45, 7) is 0. The molecule has 12 N–H and O–H groups in total. The van der Waals surface area contributed by atoms with Crippen LogP contribution < -0.4 is 81.3 Å². The Balaban J connectivity index is 0. The van der Waals surface area contributed by atoms with Gasteiger partial charge in [-0.1, -0.05) is 0 Å². The zero-order valence-corrected chi connectivity index (χ0v) is 11.4. The number of halogens is 1. The van der Waals surface area contributed by atoms with Gasteiger partial charge in [-0.3, -0.25) is 0 Å². The zero-order valence-electron chi connectivity index (χ0n) is 4.38. The van der Waals surface area contributed by atoms with Crippen LogP contribution in [-0.2, 0) is 0 Å². The van der Waals surface area contributed by atoms with E-state index < -0.39 is 0 Å². The van der Waals surface area contributed by atoms with Gasteiger partial charge in [0.05, 0.1) is 0 Å². The van der Waals surface area contributed by atoms with Gasteiger partial charge in [-0.25, -0.2) is 0 Å². The van der Waals surface area contributed by atoms with Crippen LogP contribution in [-0.4, -0.2) is 32.9 Å². The van der Waals surface area contributed by atoms with Crippen LogP contribution in [0.3, 0.4) is 0 Å². The van der Waals surface area contributed by atoms with E-state index in [1.165, 1.54) is 0 Å². The van der Waals surface area contributed by atoms with Crippen molar-refractivity contribution in [3.63, 3.8) is 0 Å². The summed E-state index contributed by atoms with van der Waals surface area (Å²) in [5, 5.41) is 0. The van der Waals surface area contributed by atoms with E-state index in [-0.39, 0.29) is 114 Å². The first kappa shape index (κ1) is 189. The second-order valence-corrected chi connectivity index (χ2v) is 0. The van der Waals surface area contributed by atoms with Crippen molar-refractivity contribution in [2.75, 3.05) is 0 Å². The zero-order chi connectivity index (χ0) is 0. The Morgan fingerprint density at radius 1 is 0.375 bits per heavy atom. The molecule has 0 aromatic rings. The molecule has 56 valence electrons. The first-order valence-corrected chi connectivity index (χ1v) is 0. The maximum atomic E-state index is 0. The summed E-state index contributed by atoms with van der Waals surface area (Å²) in [5.74, 6) is 0. The van der Waals surface area contributed by atoms with Crippen LogP contribution in [0.4, 0.5) is 0 Å². The molecule has 0 amide bonds. The monoisotopic (exact) mass is 276 g/mol. The first-order valence-electron chi connectivity index (χ1n) is 0. The van der Waals surface area contributed by atoms with E-state index >= 15 is 0 Å². The Morgan fingerprint density at radius 3 is 0.375 bits per heavy atom. The van der Waals surface area contributed by atoms with Crippen LogP contribution in [0, 0.1) is 0 Å². The average molecular weight is 276 g/mol. The van der Waals surface area contributed by atoms with Gasteiger partial charge in [0.15, 0.2) is 0 Å². The summed E-state index contributed by atoms with van der Waals surface area (Å²) < 4.78 is 0. The molecular formula is H12ClCsO6. The van der Waals surface area contributed by atoms with Crippen LogP contribution in [0.15, 0.2) is 0 Å². The molecule has 0 fully saturated rings.